The van der Waals surface area contributed by atoms with Crippen LogP contribution in [0.1, 0.15) is 29.5 Å². The lowest BCUT2D eigenvalue weighted by atomic mass is 10.0. The largest absolute Gasteiger partial charge is 0.356 e. The number of benzene rings is 2. The molecule has 2 aromatic carbocycles. The molecule has 0 amide bonds. The number of nitrogens with zero attached hydrogens (tertiary/aromatic N) is 1. The number of guanidine groups is 1. The SMILES string of the molecule is CN=C(NCc1ccc(S(C)(=O)=O)c(C)c1)NCC(C)c1c(Cl)cccc1Cl. The van der Waals surface area contributed by atoms with Crippen LogP contribution in [0.15, 0.2) is 46.3 Å². The maximum Gasteiger partial charge on any atom is 0.191 e. The fourth-order valence-electron chi connectivity index (χ4n) is 2.98. The van der Waals surface area contributed by atoms with Crippen molar-refractivity contribution in [3.8, 4) is 0 Å². The third-order valence-corrected chi connectivity index (χ3v) is 6.31. The summed E-state index contributed by atoms with van der Waals surface area (Å²) in [4.78, 5) is 4.58. The van der Waals surface area contributed by atoms with E-state index in [0.29, 0.717) is 34.0 Å². The van der Waals surface area contributed by atoms with Gasteiger partial charge in [0.15, 0.2) is 15.8 Å². The summed E-state index contributed by atoms with van der Waals surface area (Å²) in [6.07, 6.45) is 1.21. The summed E-state index contributed by atoms with van der Waals surface area (Å²) in [5.41, 5.74) is 2.60. The first kappa shape index (κ1) is 22.5. The number of halogens is 2. The quantitative estimate of drug-likeness (QED) is 0.520. The first-order chi connectivity index (χ1) is 13.1. The van der Waals surface area contributed by atoms with Crippen LogP contribution in [0.2, 0.25) is 10.0 Å². The summed E-state index contributed by atoms with van der Waals surface area (Å²) < 4.78 is 23.5. The summed E-state index contributed by atoms with van der Waals surface area (Å²) in [7, 11) is -1.52. The molecule has 0 radical (unpaired) electrons. The van der Waals surface area contributed by atoms with Crippen molar-refractivity contribution < 1.29 is 8.42 Å². The summed E-state index contributed by atoms with van der Waals surface area (Å²) in [6.45, 7) is 4.96. The highest BCUT2D eigenvalue weighted by Gasteiger charge is 2.14. The number of sulfone groups is 1. The number of aryl methyl sites for hydroxylation is 1. The number of hydrogen-bond acceptors (Lipinski definition) is 3. The summed E-state index contributed by atoms with van der Waals surface area (Å²) in [5.74, 6) is 0.732. The van der Waals surface area contributed by atoms with Gasteiger partial charge in [0, 0.05) is 42.4 Å². The standard InChI is InChI=1S/C20H25Cl2N3O2S/c1-13-10-15(8-9-18(13)28(4,26)27)12-25-20(23-3)24-11-14(2)19-16(21)6-5-7-17(19)22/h5-10,14H,11-12H2,1-4H3,(H2,23,24,25). The van der Waals surface area contributed by atoms with Crippen LogP contribution in [0, 0.1) is 6.92 Å². The van der Waals surface area contributed by atoms with Crippen molar-refractivity contribution >= 4 is 39.0 Å². The highest BCUT2D eigenvalue weighted by Crippen LogP contribution is 2.30. The molecule has 2 rings (SSSR count). The average molecular weight is 442 g/mol. The molecule has 0 spiro atoms. The van der Waals surface area contributed by atoms with E-state index in [9.17, 15) is 8.42 Å². The summed E-state index contributed by atoms with van der Waals surface area (Å²) in [5, 5.41) is 7.79. The fraction of sp³-hybridized carbons (Fsp3) is 0.350. The molecular formula is C20H25Cl2N3O2S. The van der Waals surface area contributed by atoms with E-state index in [1.165, 1.54) is 6.26 Å². The molecule has 0 saturated heterocycles. The molecule has 2 N–H and O–H groups in total. The highest BCUT2D eigenvalue weighted by molar-refractivity contribution is 7.90. The number of nitrogens with one attached hydrogen (secondary N) is 2. The Balaban J connectivity index is 1.98. The molecular weight excluding hydrogens is 417 g/mol. The molecule has 1 unspecified atom stereocenters. The summed E-state index contributed by atoms with van der Waals surface area (Å²) in [6, 6.07) is 10.8. The van der Waals surface area contributed by atoms with Crippen molar-refractivity contribution in [2.45, 2.75) is 31.2 Å². The molecule has 0 heterocycles. The lowest BCUT2D eigenvalue weighted by Crippen LogP contribution is -2.38. The van der Waals surface area contributed by atoms with Crippen LogP contribution in [0.5, 0.6) is 0 Å². The monoisotopic (exact) mass is 441 g/mol. The van der Waals surface area contributed by atoms with Gasteiger partial charge < -0.3 is 10.6 Å². The van der Waals surface area contributed by atoms with Crippen LogP contribution in [-0.4, -0.2) is 34.2 Å². The number of rotatable bonds is 6. The predicted octanol–water partition coefficient (Wildman–Crippen LogP) is 4.17. The Kier molecular flexibility index (Phi) is 7.75. The Bertz CT molecular complexity index is 955. The van der Waals surface area contributed by atoms with Crippen molar-refractivity contribution in [1.29, 1.82) is 0 Å². The van der Waals surface area contributed by atoms with Gasteiger partial charge in [-0.1, -0.05) is 48.3 Å². The van der Waals surface area contributed by atoms with E-state index in [2.05, 4.69) is 15.6 Å². The Labute approximate surface area is 177 Å². The van der Waals surface area contributed by atoms with Gasteiger partial charge in [-0.15, -0.1) is 0 Å². The van der Waals surface area contributed by atoms with Gasteiger partial charge in [-0.3, -0.25) is 4.99 Å². The van der Waals surface area contributed by atoms with Gasteiger partial charge in [-0.2, -0.15) is 0 Å². The first-order valence-electron chi connectivity index (χ1n) is 8.81. The molecule has 8 heteroatoms. The maximum absolute atomic E-state index is 11.7. The number of aliphatic imine (C=N–C) groups is 1. The van der Waals surface area contributed by atoms with Crippen LogP contribution in [0.4, 0.5) is 0 Å². The second-order valence-corrected chi connectivity index (χ2v) is 9.51. The van der Waals surface area contributed by atoms with Crippen molar-refractivity contribution in [1.82, 2.24) is 10.6 Å². The first-order valence-corrected chi connectivity index (χ1v) is 11.5. The zero-order chi connectivity index (χ0) is 20.9. The second kappa shape index (κ2) is 9.63. The van der Waals surface area contributed by atoms with Gasteiger partial charge in [0.1, 0.15) is 0 Å². The summed E-state index contributed by atoms with van der Waals surface area (Å²) >= 11 is 12.5. The van der Waals surface area contributed by atoms with Crippen molar-refractivity contribution in [2.24, 2.45) is 4.99 Å². The minimum Gasteiger partial charge on any atom is -0.356 e. The molecule has 28 heavy (non-hydrogen) atoms. The molecule has 0 aromatic heterocycles. The highest BCUT2D eigenvalue weighted by atomic mass is 35.5. The van der Waals surface area contributed by atoms with Crippen molar-refractivity contribution in [3.05, 3.63) is 63.1 Å². The Morgan fingerprint density at radius 1 is 1.14 bits per heavy atom. The van der Waals surface area contributed by atoms with Gasteiger partial charge in [0.2, 0.25) is 0 Å². The van der Waals surface area contributed by atoms with Crippen molar-refractivity contribution in [2.75, 3.05) is 19.8 Å². The molecule has 0 bridgehead atoms. The molecule has 5 nitrogen and oxygen atoms in total. The third-order valence-electron chi connectivity index (χ3n) is 4.39. The second-order valence-electron chi connectivity index (χ2n) is 6.72. The molecule has 2 aromatic rings. The van der Waals surface area contributed by atoms with E-state index in [0.717, 1.165) is 16.7 Å². The molecule has 0 aliphatic heterocycles. The fourth-order valence-corrected chi connectivity index (χ4v) is 4.71. The van der Waals surface area contributed by atoms with Gasteiger partial charge in [0.05, 0.1) is 4.90 Å². The maximum atomic E-state index is 11.7. The minimum atomic E-state index is -3.22. The van der Waals surface area contributed by atoms with Crippen LogP contribution >= 0.6 is 23.2 Å². The zero-order valence-electron chi connectivity index (χ0n) is 16.4. The molecule has 152 valence electrons. The van der Waals surface area contributed by atoms with Crippen LogP contribution in [0.3, 0.4) is 0 Å². The topological polar surface area (TPSA) is 70.6 Å². The molecule has 0 aliphatic rings. The van der Waals surface area contributed by atoms with Gasteiger partial charge in [-0.25, -0.2) is 8.42 Å². The van der Waals surface area contributed by atoms with E-state index in [1.54, 1.807) is 26.1 Å². The van der Waals surface area contributed by atoms with Crippen molar-refractivity contribution in [3.63, 3.8) is 0 Å². The lowest BCUT2D eigenvalue weighted by molar-refractivity contribution is 0.601. The van der Waals surface area contributed by atoms with Gasteiger partial charge in [-0.05, 0) is 41.8 Å². The van der Waals surface area contributed by atoms with E-state index in [-0.39, 0.29) is 5.92 Å². The number of hydrogen-bond donors (Lipinski definition) is 2. The van der Waals surface area contributed by atoms with Crippen LogP contribution in [-0.2, 0) is 16.4 Å². The molecule has 0 saturated carbocycles. The average Bonchev–Trinajstić information content (AvgIpc) is 2.60. The third kappa shape index (κ3) is 5.87. The van der Waals surface area contributed by atoms with Gasteiger partial charge >= 0.3 is 0 Å². The molecule has 0 aliphatic carbocycles. The Hall–Kier alpha value is -1.76. The smallest absolute Gasteiger partial charge is 0.191 e. The van der Waals surface area contributed by atoms with E-state index >= 15 is 0 Å². The van der Waals surface area contributed by atoms with Gasteiger partial charge in [0.25, 0.3) is 0 Å². The normalized spacial score (nSPS) is 13.3. The zero-order valence-corrected chi connectivity index (χ0v) is 18.7. The van der Waals surface area contributed by atoms with E-state index < -0.39 is 9.84 Å². The van der Waals surface area contributed by atoms with Crippen LogP contribution in [0.25, 0.3) is 0 Å². The minimum absolute atomic E-state index is 0.0936. The van der Waals surface area contributed by atoms with E-state index in [4.69, 9.17) is 23.2 Å². The molecule has 1 atom stereocenters. The predicted molar refractivity (Wildman–Crippen MR) is 117 cm³/mol. The van der Waals surface area contributed by atoms with E-state index in [1.807, 2.05) is 31.2 Å². The lowest BCUT2D eigenvalue weighted by Gasteiger charge is -2.18. The Morgan fingerprint density at radius 2 is 1.79 bits per heavy atom. The Morgan fingerprint density at radius 3 is 2.32 bits per heavy atom. The van der Waals surface area contributed by atoms with Crippen LogP contribution < -0.4 is 10.6 Å². The molecule has 0 fully saturated rings.